The molecule has 0 heterocycles. The zero-order valence-electron chi connectivity index (χ0n) is 31.2. The van der Waals surface area contributed by atoms with Gasteiger partial charge in [0.15, 0.2) is 16.6 Å². The lowest BCUT2D eigenvalue weighted by Gasteiger charge is -2.35. The average molecular weight is 729 g/mol. The molecule has 1 aromatic rings. The van der Waals surface area contributed by atoms with Gasteiger partial charge in [-0.05, 0) is 99.9 Å². The summed E-state index contributed by atoms with van der Waals surface area (Å²) in [5.74, 6) is -0.185. The quantitative estimate of drug-likeness (QED) is 0.0555. The molecule has 1 saturated carbocycles. The topological polar surface area (TPSA) is 74.2 Å². The Morgan fingerprint density at radius 3 is 2.18 bits per heavy atom. The van der Waals surface area contributed by atoms with Crippen molar-refractivity contribution in [3.05, 3.63) is 54.1 Å². The Kier molecular flexibility index (Phi) is 18.4. The van der Waals surface area contributed by atoms with E-state index in [9.17, 15) is 23.1 Å². The molecule has 1 aliphatic rings. The van der Waals surface area contributed by atoms with Crippen molar-refractivity contribution in [1.82, 2.24) is 0 Å². The minimum atomic E-state index is -4.46. The molecule has 0 aliphatic heterocycles. The van der Waals surface area contributed by atoms with Gasteiger partial charge in [0.25, 0.3) is 0 Å². The van der Waals surface area contributed by atoms with Crippen LogP contribution in [0.3, 0.4) is 0 Å². The highest BCUT2D eigenvalue weighted by Gasteiger charge is 2.45. The molecule has 280 valence electrons. The molecule has 0 radical (unpaired) electrons. The Hall–Kier alpha value is -1.93. The zero-order chi connectivity index (χ0) is 36.7. The van der Waals surface area contributed by atoms with E-state index in [1.807, 2.05) is 19.9 Å². The van der Waals surface area contributed by atoms with Crippen molar-refractivity contribution in [3.8, 4) is 5.75 Å². The number of allylic oxidation sites excluding steroid dienone is 2. The molecule has 1 N–H and O–H groups in total. The van der Waals surface area contributed by atoms with Gasteiger partial charge < -0.3 is 23.4 Å². The summed E-state index contributed by atoms with van der Waals surface area (Å²) in [4.78, 5) is 11.9. The number of carbonyl (C=O) groups is 1. The van der Waals surface area contributed by atoms with Crippen molar-refractivity contribution < 1.29 is 41.4 Å². The Balaban J connectivity index is 2.36. The van der Waals surface area contributed by atoms with Crippen molar-refractivity contribution in [1.29, 1.82) is 0 Å². The van der Waals surface area contributed by atoms with Crippen molar-refractivity contribution >= 4 is 22.6 Å². The third-order valence-electron chi connectivity index (χ3n) is 10.4. The predicted octanol–water partition coefficient (Wildman–Crippen LogP) is 10.5. The van der Waals surface area contributed by atoms with E-state index in [1.54, 1.807) is 0 Å². The van der Waals surface area contributed by atoms with Crippen LogP contribution in [0.25, 0.3) is 0 Å². The number of aliphatic hydroxyl groups excluding tert-OH is 1. The van der Waals surface area contributed by atoms with Crippen LogP contribution in [0, 0.1) is 11.8 Å². The van der Waals surface area contributed by atoms with E-state index in [2.05, 4.69) is 59.8 Å². The fourth-order valence-electron chi connectivity index (χ4n) is 6.83. The molecule has 1 unspecified atom stereocenters. The summed E-state index contributed by atoms with van der Waals surface area (Å²) in [6.07, 6.45) is 5.61. The van der Waals surface area contributed by atoms with Crippen LogP contribution < -0.4 is 4.74 Å². The van der Waals surface area contributed by atoms with Crippen LogP contribution in [0.2, 0.25) is 36.3 Å². The van der Waals surface area contributed by atoms with Gasteiger partial charge in [0.1, 0.15) is 12.4 Å². The summed E-state index contributed by atoms with van der Waals surface area (Å²) in [5.41, 5.74) is -0.751. The molecule has 0 saturated heterocycles. The number of benzene rings is 1. The molecule has 49 heavy (non-hydrogen) atoms. The second kappa shape index (κ2) is 20.8. The lowest BCUT2D eigenvalue weighted by atomic mass is 9.89. The SMILES string of the molecule is CC[Si](CC)(CC)OC(C=C[C@@H]1[C@@H](CC=CCCCC(=O)OC(C)C)[C@@H](O)C[C@H]1O[Si](CC)(CC)CC)COc1cccc(C(F)(F)F)c1. The van der Waals surface area contributed by atoms with E-state index in [0.717, 1.165) is 54.8 Å². The van der Waals surface area contributed by atoms with Gasteiger partial charge in [-0.2, -0.15) is 13.2 Å². The second-order valence-electron chi connectivity index (χ2n) is 13.7. The smallest absolute Gasteiger partial charge is 0.416 e. The van der Waals surface area contributed by atoms with Crippen LogP contribution in [0.4, 0.5) is 13.2 Å². The maximum Gasteiger partial charge on any atom is 0.416 e. The van der Waals surface area contributed by atoms with E-state index in [-0.39, 0.29) is 42.4 Å². The van der Waals surface area contributed by atoms with E-state index >= 15 is 0 Å². The third-order valence-corrected chi connectivity index (χ3v) is 19.7. The Labute approximate surface area is 296 Å². The van der Waals surface area contributed by atoms with Gasteiger partial charge in [0.2, 0.25) is 0 Å². The summed E-state index contributed by atoms with van der Waals surface area (Å²) >= 11 is 0. The van der Waals surface area contributed by atoms with Gasteiger partial charge in [-0.1, -0.05) is 71.9 Å². The Morgan fingerprint density at radius 2 is 1.61 bits per heavy atom. The number of esters is 1. The molecule has 0 aromatic heterocycles. The third kappa shape index (κ3) is 13.6. The van der Waals surface area contributed by atoms with E-state index in [0.29, 0.717) is 25.7 Å². The largest absolute Gasteiger partial charge is 0.491 e. The average Bonchev–Trinajstić information content (AvgIpc) is 3.37. The molecule has 0 bridgehead atoms. The zero-order valence-corrected chi connectivity index (χ0v) is 33.2. The number of hydrogen-bond donors (Lipinski definition) is 1. The minimum Gasteiger partial charge on any atom is -0.491 e. The Morgan fingerprint density at radius 1 is 0.980 bits per heavy atom. The molecule has 0 spiro atoms. The highest BCUT2D eigenvalue weighted by molar-refractivity contribution is 6.74. The number of aliphatic hydroxyl groups is 1. The number of hydrogen-bond acceptors (Lipinski definition) is 6. The van der Waals surface area contributed by atoms with Crippen molar-refractivity contribution in [2.24, 2.45) is 11.8 Å². The minimum absolute atomic E-state index is 0.0715. The van der Waals surface area contributed by atoms with Crippen LogP contribution in [0.5, 0.6) is 5.75 Å². The van der Waals surface area contributed by atoms with Crippen LogP contribution in [-0.2, 0) is 24.6 Å². The number of halogens is 3. The van der Waals surface area contributed by atoms with Gasteiger partial charge >= 0.3 is 12.1 Å². The fourth-order valence-corrected chi connectivity index (χ4v) is 12.5. The molecular formula is C38H63F3O6Si2. The molecular weight excluding hydrogens is 666 g/mol. The van der Waals surface area contributed by atoms with Crippen molar-refractivity contribution in [2.75, 3.05) is 6.61 Å². The van der Waals surface area contributed by atoms with Crippen LogP contribution in [0.15, 0.2) is 48.6 Å². The standard InChI is InChI=1S/C38H63F3O6Si2/c1-9-48(10-2,11-3)46-32(28-44-31-21-19-20-30(26-31)38(39,40)41)24-25-34-33(22-17-15-16-18-23-37(43)45-29(7)8)35(42)27-36(34)47-49(12-4,13-5)14-6/h15,17,19-21,24-26,29,32-36,42H,9-14,16,18,22-23,27-28H2,1-8H3/t32?,33-,34-,35+,36-/m1/s1. The van der Waals surface area contributed by atoms with Crippen molar-refractivity contribution in [2.45, 2.75) is 154 Å². The lowest BCUT2D eigenvalue weighted by molar-refractivity contribution is -0.147. The molecule has 5 atom stereocenters. The predicted molar refractivity (Wildman–Crippen MR) is 197 cm³/mol. The van der Waals surface area contributed by atoms with E-state index in [1.165, 1.54) is 12.1 Å². The summed E-state index contributed by atoms with van der Waals surface area (Å²) in [6.45, 7) is 16.8. The van der Waals surface area contributed by atoms with Gasteiger partial charge in [-0.3, -0.25) is 4.79 Å². The van der Waals surface area contributed by atoms with Gasteiger partial charge in [-0.25, -0.2) is 0 Å². The van der Waals surface area contributed by atoms with E-state index in [4.69, 9.17) is 18.3 Å². The van der Waals surface area contributed by atoms with Gasteiger partial charge in [0, 0.05) is 12.3 Å². The number of alkyl halides is 3. The summed E-state index contributed by atoms with van der Waals surface area (Å²) in [7, 11) is -4.11. The monoisotopic (exact) mass is 728 g/mol. The first-order valence-electron chi connectivity index (χ1n) is 18.6. The van der Waals surface area contributed by atoms with Gasteiger partial charge in [0.05, 0.1) is 30.0 Å². The van der Waals surface area contributed by atoms with Crippen LogP contribution in [-0.4, -0.2) is 58.7 Å². The fraction of sp³-hybridized carbons (Fsp3) is 0.711. The maximum atomic E-state index is 13.4. The van der Waals surface area contributed by atoms with Crippen LogP contribution >= 0.6 is 0 Å². The molecule has 2 rings (SSSR count). The molecule has 1 aliphatic carbocycles. The number of ether oxygens (including phenoxy) is 2. The first-order chi connectivity index (χ1) is 23.2. The first kappa shape index (κ1) is 43.2. The molecule has 11 heteroatoms. The second-order valence-corrected chi connectivity index (χ2v) is 23.1. The normalized spacial score (nSPS) is 21.2. The molecule has 1 fully saturated rings. The lowest BCUT2D eigenvalue weighted by Crippen LogP contribution is -2.42. The highest BCUT2D eigenvalue weighted by Crippen LogP contribution is 2.41. The molecule has 1 aromatic carbocycles. The molecule has 0 amide bonds. The summed E-state index contributed by atoms with van der Waals surface area (Å²) in [5, 5.41) is 11.4. The number of rotatable bonds is 22. The van der Waals surface area contributed by atoms with Gasteiger partial charge in [-0.15, -0.1) is 0 Å². The van der Waals surface area contributed by atoms with E-state index < -0.39 is 40.6 Å². The number of carbonyl (C=O) groups excluding carboxylic acids is 1. The highest BCUT2D eigenvalue weighted by atomic mass is 28.4. The summed E-state index contributed by atoms with van der Waals surface area (Å²) < 4.78 is 65.3. The maximum absolute atomic E-state index is 13.4. The Bertz CT molecular complexity index is 1150. The first-order valence-corrected chi connectivity index (χ1v) is 23.6. The van der Waals surface area contributed by atoms with Crippen molar-refractivity contribution in [3.63, 3.8) is 0 Å². The summed E-state index contributed by atoms with van der Waals surface area (Å²) in [6, 6.07) is 10.7. The van der Waals surface area contributed by atoms with Crippen LogP contribution in [0.1, 0.15) is 93.1 Å². The number of unbranched alkanes of at least 4 members (excludes halogenated alkanes) is 1. The molecule has 6 nitrogen and oxygen atoms in total.